The minimum atomic E-state index is -0.206. The van der Waals surface area contributed by atoms with Gasteiger partial charge in [-0.2, -0.15) is 0 Å². The highest BCUT2D eigenvalue weighted by atomic mass is 16.5. The second-order valence-corrected chi connectivity index (χ2v) is 5.25. The summed E-state index contributed by atoms with van der Waals surface area (Å²) < 4.78 is 5.25. The molecule has 18 heavy (non-hydrogen) atoms. The molecule has 0 N–H and O–H groups in total. The van der Waals surface area contributed by atoms with Gasteiger partial charge in [0.05, 0.1) is 12.2 Å². The van der Waals surface area contributed by atoms with Crippen LogP contribution in [0.1, 0.15) is 55.5 Å². The molecule has 1 rings (SSSR count). The molecule has 0 radical (unpaired) electrons. The Hall–Kier alpha value is -1.31. The van der Waals surface area contributed by atoms with Crippen molar-refractivity contribution in [1.82, 2.24) is 0 Å². The lowest BCUT2D eigenvalue weighted by atomic mass is 10.1. The van der Waals surface area contributed by atoms with Gasteiger partial charge in [-0.25, -0.2) is 4.79 Å². The fourth-order valence-electron chi connectivity index (χ4n) is 1.85. The van der Waals surface area contributed by atoms with Crippen molar-refractivity contribution in [3.8, 4) is 0 Å². The van der Waals surface area contributed by atoms with E-state index in [0.717, 1.165) is 24.3 Å². The number of unbranched alkanes of at least 4 members (excludes halogenated alkanes) is 2. The molecule has 0 heterocycles. The monoisotopic (exact) mass is 248 g/mol. The van der Waals surface area contributed by atoms with Crippen molar-refractivity contribution in [2.75, 3.05) is 6.61 Å². The predicted molar refractivity (Wildman–Crippen MR) is 74.8 cm³/mol. The summed E-state index contributed by atoms with van der Waals surface area (Å²) in [5, 5.41) is 0. The third-order valence-electron chi connectivity index (χ3n) is 2.91. The first-order valence-corrected chi connectivity index (χ1v) is 6.83. The molecule has 0 saturated heterocycles. The normalized spacial score (nSPS) is 10.7. The van der Waals surface area contributed by atoms with Crippen LogP contribution in [0.25, 0.3) is 0 Å². The molecule has 0 aromatic heterocycles. The SMILES string of the molecule is Cc1cccc(C(=O)OCCCCCC(C)C)c1. The fraction of sp³-hybridized carbons (Fsp3) is 0.562. The summed E-state index contributed by atoms with van der Waals surface area (Å²) in [5.74, 6) is 0.558. The second kappa shape index (κ2) is 7.91. The van der Waals surface area contributed by atoms with Gasteiger partial charge in [0.15, 0.2) is 0 Å². The van der Waals surface area contributed by atoms with Gasteiger partial charge in [-0.1, -0.05) is 50.8 Å². The van der Waals surface area contributed by atoms with Crippen LogP contribution in [0.3, 0.4) is 0 Å². The van der Waals surface area contributed by atoms with Crippen molar-refractivity contribution in [3.05, 3.63) is 35.4 Å². The Morgan fingerprint density at radius 1 is 1.22 bits per heavy atom. The van der Waals surface area contributed by atoms with E-state index in [2.05, 4.69) is 13.8 Å². The number of benzene rings is 1. The van der Waals surface area contributed by atoms with Crippen molar-refractivity contribution < 1.29 is 9.53 Å². The first-order valence-electron chi connectivity index (χ1n) is 6.83. The first kappa shape index (κ1) is 14.7. The molecular formula is C16H24O2. The Kier molecular flexibility index (Phi) is 6.48. The van der Waals surface area contributed by atoms with Crippen molar-refractivity contribution >= 4 is 5.97 Å². The van der Waals surface area contributed by atoms with Gasteiger partial charge in [0.2, 0.25) is 0 Å². The van der Waals surface area contributed by atoms with Crippen LogP contribution in [0, 0.1) is 12.8 Å². The third-order valence-corrected chi connectivity index (χ3v) is 2.91. The number of rotatable bonds is 7. The van der Waals surface area contributed by atoms with E-state index in [1.54, 1.807) is 6.07 Å². The minimum Gasteiger partial charge on any atom is -0.462 e. The molecule has 2 heteroatoms. The number of aryl methyl sites for hydroxylation is 1. The number of carbonyl (C=O) groups is 1. The highest BCUT2D eigenvalue weighted by molar-refractivity contribution is 5.89. The molecule has 0 amide bonds. The zero-order valence-corrected chi connectivity index (χ0v) is 11.7. The van der Waals surface area contributed by atoms with Gasteiger partial charge >= 0.3 is 5.97 Å². The van der Waals surface area contributed by atoms with Crippen LogP contribution in [-0.4, -0.2) is 12.6 Å². The van der Waals surface area contributed by atoms with Crippen LogP contribution in [-0.2, 0) is 4.74 Å². The number of hydrogen-bond acceptors (Lipinski definition) is 2. The maximum atomic E-state index is 11.7. The lowest BCUT2D eigenvalue weighted by Gasteiger charge is -2.06. The van der Waals surface area contributed by atoms with E-state index in [9.17, 15) is 4.79 Å². The largest absolute Gasteiger partial charge is 0.462 e. The maximum absolute atomic E-state index is 11.7. The molecule has 0 spiro atoms. The van der Waals surface area contributed by atoms with Crippen molar-refractivity contribution in [2.24, 2.45) is 5.92 Å². The summed E-state index contributed by atoms with van der Waals surface area (Å²) in [6.45, 7) is 6.98. The molecule has 0 fully saturated rings. The number of esters is 1. The van der Waals surface area contributed by atoms with Gasteiger partial charge in [-0.05, 0) is 31.4 Å². The van der Waals surface area contributed by atoms with E-state index in [4.69, 9.17) is 4.74 Å². The Morgan fingerprint density at radius 3 is 2.67 bits per heavy atom. The highest BCUT2D eigenvalue weighted by Gasteiger charge is 2.06. The minimum absolute atomic E-state index is 0.206. The molecule has 0 aliphatic carbocycles. The summed E-state index contributed by atoms with van der Waals surface area (Å²) in [5.41, 5.74) is 1.73. The molecule has 1 aromatic rings. The Morgan fingerprint density at radius 2 is 2.00 bits per heavy atom. The van der Waals surface area contributed by atoms with Crippen molar-refractivity contribution in [3.63, 3.8) is 0 Å². The van der Waals surface area contributed by atoms with Gasteiger partial charge in [0, 0.05) is 0 Å². The van der Waals surface area contributed by atoms with E-state index < -0.39 is 0 Å². The number of hydrogen-bond donors (Lipinski definition) is 0. The van der Waals surface area contributed by atoms with Crippen LogP contribution in [0.4, 0.5) is 0 Å². The quantitative estimate of drug-likeness (QED) is 0.529. The molecule has 2 nitrogen and oxygen atoms in total. The lowest BCUT2D eigenvalue weighted by Crippen LogP contribution is -2.06. The molecule has 1 aromatic carbocycles. The van der Waals surface area contributed by atoms with E-state index >= 15 is 0 Å². The van der Waals surface area contributed by atoms with Crippen LogP contribution in [0.15, 0.2) is 24.3 Å². The van der Waals surface area contributed by atoms with Gasteiger partial charge in [0.25, 0.3) is 0 Å². The molecule has 0 aliphatic heterocycles. The summed E-state index contributed by atoms with van der Waals surface area (Å²) >= 11 is 0. The zero-order chi connectivity index (χ0) is 13.4. The van der Waals surface area contributed by atoms with E-state index in [0.29, 0.717) is 12.2 Å². The first-order chi connectivity index (χ1) is 8.59. The topological polar surface area (TPSA) is 26.3 Å². The van der Waals surface area contributed by atoms with Crippen molar-refractivity contribution in [2.45, 2.75) is 46.5 Å². The van der Waals surface area contributed by atoms with Gasteiger partial charge < -0.3 is 4.74 Å². The smallest absolute Gasteiger partial charge is 0.338 e. The molecule has 0 bridgehead atoms. The second-order valence-electron chi connectivity index (χ2n) is 5.25. The predicted octanol–water partition coefficient (Wildman–Crippen LogP) is 4.37. The average Bonchev–Trinajstić information content (AvgIpc) is 2.33. The average molecular weight is 248 g/mol. The summed E-state index contributed by atoms with van der Waals surface area (Å²) in [6, 6.07) is 7.52. The van der Waals surface area contributed by atoms with Gasteiger partial charge in [-0.3, -0.25) is 0 Å². The van der Waals surface area contributed by atoms with Crippen LogP contribution < -0.4 is 0 Å². The van der Waals surface area contributed by atoms with E-state index in [1.165, 1.54) is 12.8 Å². The molecule has 0 aliphatic rings. The fourth-order valence-corrected chi connectivity index (χ4v) is 1.85. The van der Waals surface area contributed by atoms with Crippen molar-refractivity contribution in [1.29, 1.82) is 0 Å². The standard InChI is InChI=1S/C16H24O2/c1-13(2)8-5-4-6-11-18-16(17)15-10-7-9-14(3)12-15/h7,9-10,12-13H,4-6,8,11H2,1-3H3. The molecule has 0 saturated carbocycles. The summed E-state index contributed by atoms with van der Waals surface area (Å²) in [6.07, 6.45) is 4.58. The Balaban J connectivity index is 2.18. The summed E-state index contributed by atoms with van der Waals surface area (Å²) in [7, 11) is 0. The number of carbonyl (C=O) groups excluding carboxylic acids is 1. The third kappa shape index (κ3) is 5.85. The molecular weight excluding hydrogens is 224 g/mol. The van der Waals surface area contributed by atoms with Crippen LogP contribution >= 0.6 is 0 Å². The zero-order valence-electron chi connectivity index (χ0n) is 11.7. The Labute approximate surface area is 110 Å². The van der Waals surface area contributed by atoms with Crippen LogP contribution in [0.5, 0.6) is 0 Å². The van der Waals surface area contributed by atoms with Gasteiger partial charge in [-0.15, -0.1) is 0 Å². The molecule has 100 valence electrons. The molecule has 0 atom stereocenters. The van der Waals surface area contributed by atoms with Crippen LogP contribution in [0.2, 0.25) is 0 Å². The number of ether oxygens (including phenoxy) is 1. The van der Waals surface area contributed by atoms with E-state index in [-0.39, 0.29) is 5.97 Å². The molecule has 0 unspecified atom stereocenters. The summed E-state index contributed by atoms with van der Waals surface area (Å²) in [4.78, 5) is 11.7. The van der Waals surface area contributed by atoms with Gasteiger partial charge in [0.1, 0.15) is 0 Å². The maximum Gasteiger partial charge on any atom is 0.338 e. The van der Waals surface area contributed by atoms with E-state index in [1.807, 2.05) is 25.1 Å². The Bertz CT molecular complexity index is 369. The highest BCUT2D eigenvalue weighted by Crippen LogP contribution is 2.09. The lowest BCUT2D eigenvalue weighted by molar-refractivity contribution is 0.0497.